The molecular weight excluding hydrogens is 699 g/mol. The number of fused-ring (bicyclic) bond motifs is 4. The van der Waals surface area contributed by atoms with Gasteiger partial charge in [0.1, 0.15) is 18.1 Å². The van der Waals surface area contributed by atoms with Crippen molar-refractivity contribution in [1.82, 2.24) is 25.8 Å². The monoisotopic (exact) mass is 747 g/mol. The van der Waals surface area contributed by atoms with Crippen LogP contribution < -0.4 is 26.2 Å². The Morgan fingerprint density at radius 1 is 0.855 bits per heavy atom. The van der Waals surface area contributed by atoms with E-state index in [1.54, 1.807) is 24.3 Å². The summed E-state index contributed by atoms with van der Waals surface area (Å²) in [6.45, 7) is 5.70. The molecule has 3 aliphatic rings. The molecule has 0 radical (unpaired) electrons. The maximum atomic E-state index is 12.6. The molecule has 3 aliphatic heterocycles. The molecule has 12 nitrogen and oxygen atoms in total. The lowest BCUT2D eigenvalue weighted by atomic mass is 9.89. The van der Waals surface area contributed by atoms with Gasteiger partial charge < -0.3 is 45.9 Å². The Morgan fingerprint density at radius 3 is 2.25 bits per heavy atom. The number of aromatic nitrogens is 1. The lowest BCUT2D eigenvalue weighted by Gasteiger charge is -2.38. The molecule has 288 valence electrons. The third-order valence-corrected chi connectivity index (χ3v) is 10.2. The first-order chi connectivity index (χ1) is 26.7. The minimum Gasteiger partial charge on any atom is -0.506 e. The van der Waals surface area contributed by atoms with Crippen molar-refractivity contribution >= 4 is 22.9 Å². The lowest BCUT2D eigenvalue weighted by Crippen LogP contribution is -2.41. The van der Waals surface area contributed by atoms with Gasteiger partial charge in [0.2, 0.25) is 5.56 Å². The number of carbonyl (C=O) groups is 2. The van der Waals surface area contributed by atoms with E-state index >= 15 is 0 Å². The smallest absolute Gasteiger partial charge is 0.405 e. The molecule has 2 bridgehead atoms. The molecule has 8 rings (SSSR count). The van der Waals surface area contributed by atoms with E-state index in [1.807, 2.05) is 66.7 Å². The molecule has 1 aromatic heterocycles. The van der Waals surface area contributed by atoms with Gasteiger partial charge >= 0.3 is 6.09 Å². The number of hydrogen-bond donors (Lipinski definition) is 7. The highest BCUT2D eigenvalue weighted by Gasteiger charge is 2.24. The molecule has 0 saturated carbocycles. The van der Waals surface area contributed by atoms with Crippen LogP contribution in [0.15, 0.2) is 108 Å². The molecule has 3 saturated heterocycles. The Balaban J connectivity index is 0.000000563. The standard InChI is InChI=1S/C36H36N4O7.C7H13N/c41-30-16-14-28(29-15-17-32(43)39-34(29)30)31(42)21-37-18-5-19-38-35(44)25-12-10-23(11-13-25)22-47-27-9-4-8-26(20-27)33(40-36(45)46)24-6-2-1-3-7-24;1-4-8-5-2-7(1)3-6-8/h1-4,6-17,20,31,33,37,40-42H,5,18-19,21-22H2,(H,38,44)(H,39,43)(H,45,46);7H,1-6H2. The number of carboxylic acid groups (broad SMARTS) is 1. The van der Waals surface area contributed by atoms with E-state index < -0.39 is 18.2 Å². The third kappa shape index (κ3) is 10.9. The number of piperidine rings is 3. The number of pyridine rings is 1. The highest BCUT2D eigenvalue weighted by molar-refractivity contribution is 5.94. The Hall–Kier alpha value is -5.69. The minimum absolute atomic E-state index is 0.0623. The molecule has 7 N–H and O–H groups in total. The van der Waals surface area contributed by atoms with Crippen molar-refractivity contribution in [3.8, 4) is 11.5 Å². The Labute approximate surface area is 320 Å². The summed E-state index contributed by atoms with van der Waals surface area (Å²) in [5, 5.41) is 39.3. The number of nitrogens with one attached hydrogen (secondary N) is 4. The molecule has 2 atom stereocenters. The van der Waals surface area contributed by atoms with Crippen LogP contribution in [0.3, 0.4) is 0 Å². The van der Waals surface area contributed by atoms with Gasteiger partial charge in [0, 0.05) is 30.1 Å². The number of phenols is 1. The number of phenolic OH excluding ortho intramolecular Hbond substituents is 1. The second-order valence-electron chi connectivity index (χ2n) is 14.0. The summed E-state index contributed by atoms with van der Waals surface area (Å²) >= 11 is 0. The van der Waals surface area contributed by atoms with E-state index in [0.29, 0.717) is 41.8 Å². The van der Waals surface area contributed by atoms with Gasteiger partial charge in [0.25, 0.3) is 5.91 Å². The molecule has 3 fully saturated rings. The van der Waals surface area contributed by atoms with Crippen LogP contribution in [0.1, 0.15) is 70.4 Å². The van der Waals surface area contributed by atoms with Gasteiger partial charge in [-0.2, -0.15) is 0 Å². The second-order valence-corrected chi connectivity index (χ2v) is 14.0. The van der Waals surface area contributed by atoms with Crippen molar-refractivity contribution in [2.75, 3.05) is 39.3 Å². The van der Waals surface area contributed by atoms with Crippen molar-refractivity contribution in [3.63, 3.8) is 0 Å². The number of hydrogen-bond acceptors (Lipinski definition) is 8. The predicted molar refractivity (Wildman–Crippen MR) is 211 cm³/mol. The van der Waals surface area contributed by atoms with Crippen LogP contribution >= 0.6 is 0 Å². The van der Waals surface area contributed by atoms with Gasteiger partial charge in [-0.25, -0.2) is 4.79 Å². The molecule has 4 heterocycles. The van der Waals surface area contributed by atoms with Gasteiger partial charge in [-0.05, 0) is 116 Å². The largest absolute Gasteiger partial charge is 0.506 e. The first-order valence-electron chi connectivity index (χ1n) is 18.8. The molecule has 2 amide bonds. The zero-order valence-corrected chi connectivity index (χ0v) is 30.7. The summed E-state index contributed by atoms with van der Waals surface area (Å²) in [7, 11) is 0. The number of H-pyrrole nitrogens is 1. The van der Waals surface area contributed by atoms with E-state index in [9.17, 15) is 29.7 Å². The Morgan fingerprint density at radius 2 is 1.58 bits per heavy atom. The topological polar surface area (TPSA) is 176 Å². The van der Waals surface area contributed by atoms with E-state index in [-0.39, 0.29) is 35.9 Å². The van der Waals surface area contributed by atoms with Gasteiger partial charge in [0.15, 0.2) is 0 Å². The van der Waals surface area contributed by atoms with Crippen molar-refractivity contribution < 1.29 is 29.6 Å². The van der Waals surface area contributed by atoms with Crippen LogP contribution in [-0.2, 0) is 6.61 Å². The number of aliphatic hydroxyl groups excluding tert-OH is 1. The highest BCUT2D eigenvalue weighted by atomic mass is 16.5. The quantitative estimate of drug-likeness (QED) is 0.0702. The molecule has 4 aromatic carbocycles. The summed E-state index contributed by atoms with van der Waals surface area (Å²) in [5.41, 5.74) is 3.48. The van der Waals surface area contributed by atoms with Crippen molar-refractivity contribution in [3.05, 3.63) is 141 Å². The van der Waals surface area contributed by atoms with Crippen LogP contribution in [-0.4, -0.2) is 76.5 Å². The molecule has 12 heteroatoms. The van der Waals surface area contributed by atoms with E-state index in [4.69, 9.17) is 4.74 Å². The van der Waals surface area contributed by atoms with Crippen molar-refractivity contribution in [2.45, 2.75) is 44.4 Å². The zero-order valence-electron chi connectivity index (χ0n) is 30.7. The summed E-state index contributed by atoms with van der Waals surface area (Å²) in [6.07, 6.45) is 3.12. The van der Waals surface area contributed by atoms with E-state index in [1.165, 1.54) is 51.0 Å². The Kier molecular flexibility index (Phi) is 13.5. The van der Waals surface area contributed by atoms with Crippen LogP contribution in [0.25, 0.3) is 10.9 Å². The maximum Gasteiger partial charge on any atom is 0.405 e. The fourth-order valence-electron chi connectivity index (χ4n) is 7.11. The fourth-order valence-corrected chi connectivity index (χ4v) is 7.11. The van der Waals surface area contributed by atoms with Crippen LogP contribution in [0, 0.1) is 5.92 Å². The summed E-state index contributed by atoms with van der Waals surface area (Å²) in [5.74, 6) is 1.44. The summed E-state index contributed by atoms with van der Waals surface area (Å²) in [4.78, 5) is 40.9. The van der Waals surface area contributed by atoms with Gasteiger partial charge in [-0.15, -0.1) is 0 Å². The third-order valence-electron chi connectivity index (χ3n) is 10.2. The number of benzene rings is 4. The van der Waals surface area contributed by atoms with Crippen LogP contribution in [0.5, 0.6) is 11.5 Å². The number of rotatable bonds is 14. The van der Waals surface area contributed by atoms with Crippen LogP contribution in [0.4, 0.5) is 4.79 Å². The van der Waals surface area contributed by atoms with Gasteiger partial charge in [-0.1, -0.05) is 60.7 Å². The van der Waals surface area contributed by atoms with Gasteiger partial charge in [0.05, 0.1) is 17.7 Å². The van der Waals surface area contributed by atoms with E-state index in [0.717, 1.165) is 22.6 Å². The molecule has 2 unspecified atom stereocenters. The number of aliphatic hydroxyl groups is 1. The zero-order chi connectivity index (χ0) is 38.6. The minimum atomic E-state index is -1.12. The number of aromatic hydroxyl groups is 1. The summed E-state index contributed by atoms with van der Waals surface area (Å²) in [6, 6.07) is 29.2. The fraction of sp³-hybridized carbons (Fsp3) is 0.326. The number of amides is 2. The predicted octanol–water partition coefficient (Wildman–Crippen LogP) is 5.71. The van der Waals surface area contributed by atoms with E-state index in [2.05, 4.69) is 25.8 Å². The molecule has 0 spiro atoms. The van der Waals surface area contributed by atoms with Crippen LogP contribution in [0.2, 0.25) is 0 Å². The maximum absolute atomic E-state index is 12.6. The normalized spacial score (nSPS) is 17.0. The first kappa shape index (κ1) is 39.0. The molecule has 0 aliphatic carbocycles. The lowest BCUT2D eigenvalue weighted by molar-refractivity contribution is 0.0952. The number of nitrogens with zero attached hydrogens (tertiary/aromatic N) is 1. The molecule has 55 heavy (non-hydrogen) atoms. The second kappa shape index (κ2) is 19.1. The average molecular weight is 748 g/mol. The SMILES string of the molecule is C1CN2CCC1CC2.O=C(O)NC(c1ccccc1)c1cccc(OCc2ccc(C(=O)NCCCNCC(O)c3ccc(O)c4[nH]c(=O)ccc34)cc2)c1. The molecule has 5 aromatic rings. The van der Waals surface area contributed by atoms with Crippen molar-refractivity contribution in [2.24, 2.45) is 5.92 Å². The number of ether oxygens (including phenoxy) is 1. The van der Waals surface area contributed by atoms with Crippen molar-refractivity contribution in [1.29, 1.82) is 0 Å². The Bertz CT molecular complexity index is 2060. The molecular formula is C43H49N5O7. The highest BCUT2D eigenvalue weighted by Crippen LogP contribution is 2.29. The number of carbonyl (C=O) groups excluding carboxylic acids is 1. The first-order valence-corrected chi connectivity index (χ1v) is 18.8. The number of aromatic amines is 1. The van der Waals surface area contributed by atoms with Gasteiger partial charge in [-0.3, -0.25) is 9.59 Å². The summed E-state index contributed by atoms with van der Waals surface area (Å²) < 4.78 is 5.98. The average Bonchev–Trinajstić information content (AvgIpc) is 3.22.